The van der Waals surface area contributed by atoms with Crippen LogP contribution >= 0.6 is 0 Å². The number of rotatable bonds is 6. The Hall–Kier alpha value is -3.63. The van der Waals surface area contributed by atoms with Crippen LogP contribution in [0.1, 0.15) is 38.1 Å². The highest BCUT2D eigenvalue weighted by Gasteiger charge is 2.35. The first-order chi connectivity index (χ1) is 16.1. The third kappa shape index (κ3) is 5.83. The summed E-state index contributed by atoms with van der Waals surface area (Å²) in [5.74, 6) is -0.854. The van der Waals surface area contributed by atoms with Crippen LogP contribution in [0.3, 0.4) is 0 Å². The molecule has 0 bridgehead atoms. The molecule has 1 aliphatic rings. The van der Waals surface area contributed by atoms with Gasteiger partial charge in [0.15, 0.2) is 11.6 Å². The van der Waals surface area contributed by atoms with Crippen molar-refractivity contribution in [1.82, 2.24) is 24.8 Å². The second-order valence-electron chi connectivity index (χ2n) is 7.60. The second kappa shape index (κ2) is 10.5. The van der Waals surface area contributed by atoms with E-state index in [9.17, 15) is 22.4 Å². The van der Waals surface area contributed by atoms with E-state index in [1.54, 1.807) is 37.0 Å². The Morgan fingerprint density at radius 2 is 1.82 bits per heavy atom. The standard InChI is InChI=1S/C23H23F4N5O2/c1-4-5-7-18(20-28-12-17(24)13-29-20)14(2)21(33)32-9-6-8-19(15(32)3)34-22-30-10-16(11-31-22)23(25,26)27/h4-5,7,10-13,15,19H,2,6,8-9H2,1,3H3/b5-4-,18-7+/t15-,19+/m0/s1. The van der Waals surface area contributed by atoms with Gasteiger partial charge in [0.25, 0.3) is 5.91 Å². The molecule has 180 valence electrons. The van der Waals surface area contributed by atoms with Crippen LogP contribution in [-0.4, -0.2) is 49.4 Å². The normalized spacial score (nSPS) is 19.4. The Kier molecular flexibility index (Phi) is 7.75. The lowest BCUT2D eigenvalue weighted by molar-refractivity contribution is -0.138. The average molecular weight is 477 g/mol. The van der Waals surface area contributed by atoms with Crippen LogP contribution in [-0.2, 0) is 11.0 Å². The van der Waals surface area contributed by atoms with Gasteiger partial charge in [-0.1, -0.05) is 24.8 Å². The summed E-state index contributed by atoms with van der Waals surface area (Å²) in [5.41, 5.74) is -0.527. The molecule has 2 atom stereocenters. The van der Waals surface area contributed by atoms with Crippen molar-refractivity contribution in [2.45, 2.75) is 45.0 Å². The summed E-state index contributed by atoms with van der Waals surface area (Å²) in [4.78, 5) is 30.1. The summed E-state index contributed by atoms with van der Waals surface area (Å²) in [6.07, 6.45) is 4.43. The zero-order valence-electron chi connectivity index (χ0n) is 18.6. The molecule has 0 N–H and O–H groups in total. The van der Waals surface area contributed by atoms with Gasteiger partial charge >= 0.3 is 12.2 Å². The second-order valence-corrected chi connectivity index (χ2v) is 7.60. The Labute approximate surface area is 193 Å². The van der Waals surface area contributed by atoms with Crippen molar-refractivity contribution >= 4 is 11.5 Å². The van der Waals surface area contributed by atoms with Gasteiger partial charge in [-0.05, 0) is 26.7 Å². The number of hydrogen-bond acceptors (Lipinski definition) is 6. The lowest BCUT2D eigenvalue weighted by Crippen LogP contribution is -2.51. The largest absolute Gasteiger partial charge is 0.458 e. The van der Waals surface area contributed by atoms with E-state index in [1.807, 2.05) is 0 Å². The van der Waals surface area contributed by atoms with E-state index in [2.05, 4.69) is 26.5 Å². The highest BCUT2D eigenvalue weighted by Crippen LogP contribution is 2.30. The molecule has 0 unspecified atom stereocenters. The fourth-order valence-corrected chi connectivity index (χ4v) is 3.45. The van der Waals surface area contributed by atoms with Crippen molar-refractivity contribution in [3.63, 3.8) is 0 Å². The van der Waals surface area contributed by atoms with E-state index in [1.165, 1.54) is 0 Å². The van der Waals surface area contributed by atoms with Crippen molar-refractivity contribution < 1.29 is 27.1 Å². The van der Waals surface area contributed by atoms with Crippen LogP contribution in [0.5, 0.6) is 6.01 Å². The van der Waals surface area contributed by atoms with Crippen LogP contribution in [0.4, 0.5) is 17.6 Å². The molecule has 3 rings (SSSR count). The number of alkyl halides is 3. The maximum absolute atomic E-state index is 13.3. The molecule has 2 aromatic rings. The monoisotopic (exact) mass is 477 g/mol. The number of carbonyl (C=O) groups is 1. The zero-order chi connectivity index (χ0) is 24.9. The summed E-state index contributed by atoms with van der Waals surface area (Å²) in [6, 6.07) is -0.646. The minimum atomic E-state index is -4.55. The first-order valence-electron chi connectivity index (χ1n) is 10.5. The molecular weight excluding hydrogens is 454 g/mol. The molecule has 7 nitrogen and oxygen atoms in total. The van der Waals surface area contributed by atoms with Crippen molar-refractivity contribution in [3.8, 4) is 6.01 Å². The molecule has 34 heavy (non-hydrogen) atoms. The van der Waals surface area contributed by atoms with Gasteiger partial charge in [-0.3, -0.25) is 4.79 Å². The third-order valence-corrected chi connectivity index (χ3v) is 5.29. The van der Waals surface area contributed by atoms with Crippen molar-refractivity contribution in [1.29, 1.82) is 0 Å². The predicted octanol–water partition coefficient (Wildman–Crippen LogP) is 4.40. The number of allylic oxidation sites excluding steroid dienone is 3. The average Bonchev–Trinajstić information content (AvgIpc) is 2.81. The molecule has 11 heteroatoms. The molecule has 0 aromatic carbocycles. The first kappa shape index (κ1) is 25.0. The molecule has 0 aliphatic carbocycles. The highest BCUT2D eigenvalue weighted by atomic mass is 19.4. The minimum absolute atomic E-state index is 0.114. The summed E-state index contributed by atoms with van der Waals surface area (Å²) >= 11 is 0. The summed E-state index contributed by atoms with van der Waals surface area (Å²) in [6.45, 7) is 7.90. The van der Waals surface area contributed by atoms with E-state index in [-0.39, 0.29) is 17.4 Å². The number of ether oxygens (including phenoxy) is 1. The van der Waals surface area contributed by atoms with E-state index >= 15 is 0 Å². The number of likely N-dealkylation sites (tertiary alicyclic amines) is 1. The van der Waals surface area contributed by atoms with Crippen molar-refractivity contribution in [2.24, 2.45) is 0 Å². The van der Waals surface area contributed by atoms with E-state index < -0.39 is 35.6 Å². The predicted molar refractivity (Wildman–Crippen MR) is 116 cm³/mol. The van der Waals surface area contributed by atoms with Gasteiger partial charge in [0.05, 0.1) is 24.0 Å². The number of aromatic nitrogens is 4. The van der Waals surface area contributed by atoms with Gasteiger partial charge in [0.2, 0.25) is 0 Å². The highest BCUT2D eigenvalue weighted by molar-refractivity contribution is 6.08. The van der Waals surface area contributed by atoms with Crippen LogP contribution < -0.4 is 4.74 Å². The number of carbonyl (C=O) groups excluding carboxylic acids is 1. The van der Waals surface area contributed by atoms with Gasteiger partial charge in [-0.15, -0.1) is 0 Å². The van der Waals surface area contributed by atoms with E-state index in [0.29, 0.717) is 37.4 Å². The molecule has 0 saturated carbocycles. The van der Waals surface area contributed by atoms with Gasteiger partial charge in [-0.2, -0.15) is 13.2 Å². The molecule has 3 heterocycles. The smallest absolute Gasteiger partial charge is 0.419 e. The number of nitrogens with zero attached hydrogens (tertiary/aromatic N) is 5. The minimum Gasteiger partial charge on any atom is -0.458 e. The quantitative estimate of drug-likeness (QED) is 0.349. The molecule has 1 amide bonds. The summed E-state index contributed by atoms with van der Waals surface area (Å²) in [7, 11) is 0. The number of amides is 1. The van der Waals surface area contributed by atoms with Crippen molar-refractivity contribution in [2.75, 3.05) is 6.54 Å². The maximum atomic E-state index is 13.3. The third-order valence-electron chi connectivity index (χ3n) is 5.29. The fraction of sp³-hybridized carbons (Fsp3) is 0.348. The maximum Gasteiger partial charge on any atom is 0.419 e. The lowest BCUT2D eigenvalue weighted by atomic mass is 9.97. The van der Waals surface area contributed by atoms with E-state index in [0.717, 1.165) is 12.4 Å². The molecule has 0 spiro atoms. The van der Waals surface area contributed by atoms with Crippen molar-refractivity contribution in [3.05, 3.63) is 72.4 Å². The van der Waals surface area contributed by atoms with Gasteiger partial charge in [0, 0.05) is 30.1 Å². The molecule has 1 fully saturated rings. The Balaban J connectivity index is 1.77. The summed E-state index contributed by atoms with van der Waals surface area (Å²) in [5, 5.41) is 0. The molecular formula is C23H23F4N5O2. The number of hydrogen-bond donors (Lipinski definition) is 0. The molecule has 1 aliphatic heterocycles. The van der Waals surface area contributed by atoms with Crippen LogP contribution in [0.2, 0.25) is 0 Å². The Bertz CT molecular complexity index is 1080. The van der Waals surface area contributed by atoms with Crippen LogP contribution in [0.15, 0.2) is 55.2 Å². The summed E-state index contributed by atoms with van der Waals surface area (Å²) < 4.78 is 57.2. The van der Waals surface area contributed by atoms with Gasteiger partial charge in [-0.25, -0.2) is 24.3 Å². The zero-order valence-corrected chi connectivity index (χ0v) is 18.6. The number of halogens is 4. The SMILES string of the molecule is C=C(C(=O)N1CCC[C@@H](Oc2ncc(C(F)(F)F)cn2)[C@@H]1C)/C(=C\C=C/C)c1ncc(F)cn1. The Morgan fingerprint density at radius 3 is 2.41 bits per heavy atom. The molecule has 1 saturated heterocycles. The molecule has 2 aromatic heterocycles. The molecule has 0 radical (unpaired) electrons. The fourth-order valence-electron chi connectivity index (χ4n) is 3.45. The van der Waals surface area contributed by atoms with Gasteiger partial charge < -0.3 is 9.64 Å². The topological polar surface area (TPSA) is 81.1 Å². The number of piperidine rings is 1. The lowest BCUT2D eigenvalue weighted by Gasteiger charge is -2.39. The Morgan fingerprint density at radius 1 is 1.18 bits per heavy atom. The van der Waals surface area contributed by atoms with Crippen LogP contribution in [0, 0.1) is 5.82 Å². The van der Waals surface area contributed by atoms with Crippen LogP contribution in [0.25, 0.3) is 5.57 Å². The van der Waals surface area contributed by atoms with Gasteiger partial charge in [0.1, 0.15) is 6.10 Å². The van der Waals surface area contributed by atoms with E-state index in [4.69, 9.17) is 4.74 Å². The first-order valence-corrected chi connectivity index (χ1v) is 10.5.